The van der Waals surface area contributed by atoms with E-state index >= 15 is 0 Å². The molecule has 6 N–H and O–H groups in total. The van der Waals surface area contributed by atoms with Crippen LogP contribution in [0.3, 0.4) is 0 Å². The number of carbonyl (C=O) groups is 1. The summed E-state index contributed by atoms with van der Waals surface area (Å²) in [4.78, 5) is 25.7. The second-order valence-electron chi connectivity index (χ2n) is 11.7. The molecule has 1 fully saturated rings. The van der Waals surface area contributed by atoms with Gasteiger partial charge < -0.3 is 35.7 Å². The van der Waals surface area contributed by atoms with Gasteiger partial charge in [-0.3, -0.25) is 4.79 Å². The minimum Gasteiger partial charge on any atom is -0.506 e. The molecule has 2 unspecified atom stereocenters. The fourth-order valence-corrected chi connectivity index (χ4v) is 6.20. The molecule has 0 radical (unpaired) electrons. The van der Waals surface area contributed by atoms with Crippen LogP contribution in [0.15, 0.2) is 53.3 Å². The van der Waals surface area contributed by atoms with Crippen molar-refractivity contribution in [3.05, 3.63) is 70.0 Å². The highest BCUT2D eigenvalue weighted by molar-refractivity contribution is 5.87. The first kappa shape index (κ1) is 32.4. The van der Waals surface area contributed by atoms with E-state index in [0.29, 0.717) is 35.5 Å². The molecule has 9 heteroatoms. The van der Waals surface area contributed by atoms with Crippen molar-refractivity contribution >= 4 is 17.0 Å². The molecule has 1 amide bonds. The first-order valence-electron chi connectivity index (χ1n) is 15.9. The zero-order valence-electron chi connectivity index (χ0n) is 25.0. The van der Waals surface area contributed by atoms with Gasteiger partial charge in [-0.15, -0.1) is 0 Å². The summed E-state index contributed by atoms with van der Waals surface area (Å²) in [6.45, 7) is 1.88. The van der Waals surface area contributed by atoms with Crippen molar-refractivity contribution in [1.29, 1.82) is 0 Å². The Morgan fingerprint density at radius 3 is 2.47 bits per heavy atom. The molecule has 0 bridgehead atoms. The van der Waals surface area contributed by atoms with Crippen LogP contribution in [0.4, 0.5) is 4.79 Å². The molecule has 234 valence electrons. The number of nitrogens with one attached hydrogen (secondary N) is 3. The van der Waals surface area contributed by atoms with Crippen LogP contribution in [0.1, 0.15) is 100 Å². The number of ether oxygens (including phenoxy) is 1. The Kier molecular flexibility index (Phi) is 12.7. The van der Waals surface area contributed by atoms with E-state index in [4.69, 9.17) is 4.74 Å². The molecule has 0 aliphatic heterocycles. The summed E-state index contributed by atoms with van der Waals surface area (Å²) in [5.41, 5.74) is 1.71. The molecule has 0 saturated heterocycles. The fourth-order valence-electron chi connectivity index (χ4n) is 6.20. The van der Waals surface area contributed by atoms with Crippen LogP contribution >= 0.6 is 0 Å². The standard InChI is InChI=1S/C34H47N3O6/c38-29-18-16-27(28-17-19-31(40)36-33(28)29)30(39)23-35-20-9-4-2-1-3-5-10-21-43-26-15-11-14-25(22-26)32(37-34(41)42)24-12-7-6-8-13-24/h11,14-19,22,24,30,32,35,37-39H,1-10,12-13,20-21,23H2,(H,36,40)(H,41,42). The van der Waals surface area contributed by atoms with E-state index in [1.54, 1.807) is 12.1 Å². The Bertz CT molecular complexity index is 1350. The number of rotatable bonds is 17. The number of aromatic amines is 1. The number of aliphatic hydroxyl groups is 1. The predicted octanol–water partition coefficient (Wildman–Crippen LogP) is 6.56. The number of carboxylic acid groups (broad SMARTS) is 1. The second-order valence-corrected chi connectivity index (χ2v) is 11.7. The number of phenols is 1. The number of aliphatic hydroxyl groups excluding tert-OH is 1. The van der Waals surface area contributed by atoms with Crippen LogP contribution in [-0.2, 0) is 0 Å². The van der Waals surface area contributed by atoms with E-state index in [0.717, 1.165) is 75.6 Å². The van der Waals surface area contributed by atoms with Crippen LogP contribution in [0.25, 0.3) is 10.9 Å². The van der Waals surface area contributed by atoms with Crippen molar-refractivity contribution in [2.45, 2.75) is 89.2 Å². The maximum atomic E-state index is 11.6. The van der Waals surface area contributed by atoms with E-state index in [1.807, 2.05) is 24.3 Å². The summed E-state index contributed by atoms with van der Waals surface area (Å²) in [5, 5.41) is 36.8. The van der Waals surface area contributed by atoms with E-state index in [1.165, 1.54) is 31.4 Å². The molecule has 1 aliphatic rings. The van der Waals surface area contributed by atoms with E-state index in [2.05, 4.69) is 15.6 Å². The monoisotopic (exact) mass is 593 g/mol. The largest absolute Gasteiger partial charge is 0.506 e. The zero-order valence-corrected chi connectivity index (χ0v) is 25.0. The number of phenolic OH excluding ortho intramolecular Hbond substituents is 1. The maximum Gasteiger partial charge on any atom is 0.405 e. The Morgan fingerprint density at radius 1 is 0.953 bits per heavy atom. The summed E-state index contributed by atoms with van der Waals surface area (Å²) < 4.78 is 6.02. The lowest BCUT2D eigenvalue weighted by Crippen LogP contribution is -2.33. The molecular formula is C34H47N3O6. The quantitative estimate of drug-likeness (QED) is 0.0973. The van der Waals surface area contributed by atoms with Crippen molar-refractivity contribution < 1.29 is 24.9 Å². The van der Waals surface area contributed by atoms with Gasteiger partial charge in [-0.25, -0.2) is 4.79 Å². The number of aromatic nitrogens is 1. The normalized spacial score (nSPS) is 15.3. The number of H-pyrrole nitrogens is 1. The summed E-state index contributed by atoms with van der Waals surface area (Å²) in [5.74, 6) is 1.13. The predicted molar refractivity (Wildman–Crippen MR) is 169 cm³/mol. The number of unbranched alkanes of at least 4 members (excludes halogenated alkanes) is 6. The van der Waals surface area contributed by atoms with Crippen molar-refractivity contribution in [2.24, 2.45) is 5.92 Å². The van der Waals surface area contributed by atoms with Gasteiger partial charge in [0.1, 0.15) is 11.5 Å². The van der Waals surface area contributed by atoms with E-state index < -0.39 is 12.2 Å². The summed E-state index contributed by atoms with van der Waals surface area (Å²) in [6.07, 6.45) is 11.7. The third-order valence-corrected chi connectivity index (χ3v) is 8.49. The first-order valence-corrected chi connectivity index (χ1v) is 15.9. The number of fused-ring (bicyclic) bond motifs is 1. The Hall–Kier alpha value is -3.56. The second kappa shape index (κ2) is 16.9. The first-order chi connectivity index (χ1) is 20.9. The van der Waals surface area contributed by atoms with E-state index in [9.17, 15) is 24.9 Å². The summed E-state index contributed by atoms with van der Waals surface area (Å²) in [7, 11) is 0. The molecule has 9 nitrogen and oxygen atoms in total. The SMILES string of the molecule is O=C(O)NC(c1cccc(OCCCCCCCCCNCC(O)c2ccc(O)c3[nH]c(=O)ccc23)c1)C1CCCCC1. The van der Waals surface area contributed by atoms with Gasteiger partial charge in [0, 0.05) is 18.0 Å². The minimum absolute atomic E-state index is 0.00982. The lowest BCUT2D eigenvalue weighted by Gasteiger charge is -2.30. The van der Waals surface area contributed by atoms with Crippen LogP contribution in [0.2, 0.25) is 0 Å². The van der Waals surface area contributed by atoms with E-state index in [-0.39, 0.29) is 17.4 Å². The number of amides is 1. The van der Waals surface area contributed by atoms with Gasteiger partial charge in [0.15, 0.2) is 0 Å². The average Bonchev–Trinajstić information content (AvgIpc) is 3.01. The number of pyridine rings is 1. The Labute approximate surface area is 253 Å². The molecular weight excluding hydrogens is 546 g/mol. The average molecular weight is 594 g/mol. The van der Waals surface area contributed by atoms with Gasteiger partial charge >= 0.3 is 6.09 Å². The third-order valence-electron chi connectivity index (χ3n) is 8.49. The molecule has 3 aromatic rings. The van der Waals surface area contributed by atoms with Gasteiger partial charge in [0.05, 0.1) is 24.3 Å². The number of aromatic hydroxyl groups is 1. The zero-order chi connectivity index (χ0) is 30.4. The lowest BCUT2D eigenvalue weighted by molar-refractivity contribution is 0.176. The van der Waals surface area contributed by atoms with Gasteiger partial charge in [-0.1, -0.05) is 69.6 Å². The van der Waals surface area contributed by atoms with Gasteiger partial charge in [-0.05, 0) is 73.5 Å². The molecule has 4 rings (SSSR count). The van der Waals surface area contributed by atoms with Crippen molar-refractivity contribution in [2.75, 3.05) is 19.7 Å². The molecule has 0 spiro atoms. The maximum absolute atomic E-state index is 11.6. The number of benzene rings is 2. The Morgan fingerprint density at radius 2 is 1.70 bits per heavy atom. The third kappa shape index (κ3) is 10.0. The number of hydrogen-bond donors (Lipinski definition) is 6. The highest BCUT2D eigenvalue weighted by Crippen LogP contribution is 2.35. The topological polar surface area (TPSA) is 144 Å². The molecule has 1 aliphatic carbocycles. The highest BCUT2D eigenvalue weighted by Gasteiger charge is 2.26. The van der Waals surface area contributed by atoms with Gasteiger partial charge in [0.25, 0.3) is 0 Å². The lowest BCUT2D eigenvalue weighted by atomic mass is 9.81. The Balaban J connectivity index is 1.06. The van der Waals surface area contributed by atoms with Crippen molar-refractivity contribution in [3.63, 3.8) is 0 Å². The van der Waals surface area contributed by atoms with Crippen LogP contribution in [0.5, 0.6) is 11.5 Å². The smallest absolute Gasteiger partial charge is 0.405 e. The van der Waals surface area contributed by atoms with Crippen molar-refractivity contribution in [1.82, 2.24) is 15.6 Å². The number of hydrogen-bond acceptors (Lipinski definition) is 6. The minimum atomic E-state index is -0.975. The molecule has 1 aromatic heterocycles. The van der Waals surface area contributed by atoms with Crippen molar-refractivity contribution in [3.8, 4) is 11.5 Å². The molecule has 1 heterocycles. The van der Waals surface area contributed by atoms with Crippen LogP contribution in [0, 0.1) is 5.92 Å². The molecule has 2 atom stereocenters. The van der Waals surface area contributed by atoms with Crippen LogP contribution < -0.4 is 20.9 Å². The molecule has 1 saturated carbocycles. The highest BCUT2D eigenvalue weighted by atomic mass is 16.5. The summed E-state index contributed by atoms with van der Waals surface area (Å²) >= 11 is 0. The molecule has 43 heavy (non-hydrogen) atoms. The fraction of sp³-hybridized carbons (Fsp3) is 0.529. The van der Waals surface area contributed by atoms with Gasteiger partial charge in [-0.2, -0.15) is 0 Å². The molecule has 2 aromatic carbocycles. The summed E-state index contributed by atoms with van der Waals surface area (Å²) in [6, 6.07) is 13.9. The van der Waals surface area contributed by atoms with Crippen LogP contribution in [-0.4, -0.2) is 46.1 Å². The van der Waals surface area contributed by atoms with Gasteiger partial charge in [0.2, 0.25) is 5.56 Å².